The Hall–Kier alpha value is -0.260. The van der Waals surface area contributed by atoms with Crippen LogP contribution in [0.4, 0.5) is 5.69 Å². The smallest absolute Gasteiger partial charge is 0.232 e. The fourth-order valence-electron chi connectivity index (χ4n) is 2.44. The zero-order chi connectivity index (χ0) is 13.9. The Morgan fingerprint density at radius 3 is 2.58 bits per heavy atom. The summed E-state index contributed by atoms with van der Waals surface area (Å²) in [6, 6.07) is 5.02. The van der Waals surface area contributed by atoms with Crippen LogP contribution in [0.1, 0.15) is 32.1 Å². The Morgan fingerprint density at radius 1 is 1.26 bits per heavy atom. The highest BCUT2D eigenvalue weighted by molar-refractivity contribution is 9.10. The van der Waals surface area contributed by atoms with Crippen molar-refractivity contribution in [3.8, 4) is 0 Å². The van der Waals surface area contributed by atoms with Crippen molar-refractivity contribution >= 4 is 43.2 Å². The molecule has 0 aromatic heterocycles. The van der Waals surface area contributed by atoms with Gasteiger partial charge in [0.2, 0.25) is 10.0 Å². The lowest BCUT2D eigenvalue weighted by molar-refractivity contribution is 0.385. The molecule has 0 bridgehead atoms. The Balaban J connectivity index is 2.01. The molecule has 0 amide bonds. The maximum absolute atomic E-state index is 12.1. The van der Waals surface area contributed by atoms with E-state index in [1.165, 1.54) is 6.42 Å². The summed E-state index contributed by atoms with van der Waals surface area (Å²) in [7, 11) is -3.28. The molecule has 6 heteroatoms. The second-order valence-corrected chi connectivity index (χ2v) is 8.04. The van der Waals surface area contributed by atoms with Gasteiger partial charge in [0.05, 0.1) is 10.8 Å². The van der Waals surface area contributed by atoms with Gasteiger partial charge in [-0.2, -0.15) is 0 Å². The van der Waals surface area contributed by atoms with E-state index in [1.54, 1.807) is 18.2 Å². The molecule has 0 heterocycles. The molecular formula is C13H17BrClNO2S. The molecule has 0 unspecified atom stereocenters. The lowest BCUT2D eigenvalue weighted by Gasteiger charge is -2.21. The van der Waals surface area contributed by atoms with Crippen molar-refractivity contribution in [2.24, 2.45) is 5.92 Å². The molecule has 19 heavy (non-hydrogen) atoms. The molecule has 3 nitrogen and oxygen atoms in total. The Morgan fingerprint density at radius 2 is 1.95 bits per heavy atom. The van der Waals surface area contributed by atoms with Gasteiger partial charge in [-0.25, -0.2) is 8.42 Å². The van der Waals surface area contributed by atoms with Crippen molar-refractivity contribution in [2.75, 3.05) is 10.5 Å². The molecular weight excluding hydrogens is 350 g/mol. The van der Waals surface area contributed by atoms with E-state index < -0.39 is 10.0 Å². The molecule has 1 saturated carbocycles. The van der Waals surface area contributed by atoms with Gasteiger partial charge >= 0.3 is 0 Å². The maximum Gasteiger partial charge on any atom is 0.232 e. The van der Waals surface area contributed by atoms with Crippen LogP contribution in [0.2, 0.25) is 5.02 Å². The van der Waals surface area contributed by atoms with Crippen molar-refractivity contribution in [3.05, 3.63) is 27.7 Å². The summed E-state index contributed by atoms with van der Waals surface area (Å²) in [4.78, 5) is 0. The van der Waals surface area contributed by atoms with Crippen molar-refractivity contribution in [1.29, 1.82) is 0 Å². The summed E-state index contributed by atoms with van der Waals surface area (Å²) in [6.45, 7) is 0. The van der Waals surface area contributed by atoms with Gasteiger partial charge in [0.1, 0.15) is 0 Å². The molecule has 106 valence electrons. The van der Waals surface area contributed by atoms with Crippen LogP contribution in [0, 0.1) is 5.92 Å². The number of benzene rings is 1. The number of hydrogen-bond donors (Lipinski definition) is 1. The number of rotatable bonds is 4. The standard InChI is InChI=1S/C13H17BrClNO2S/c14-12-8-11(6-7-13(12)15)16-19(17,18)9-10-4-2-1-3-5-10/h6-8,10,16H,1-5,9H2. The van der Waals surface area contributed by atoms with Gasteiger partial charge in [0.15, 0.2) is 0 Å². The molecule has 1 aliphatic carbocycles. The third-order valence-electron chi connectivity index (χ3n) is 3.37. The minimum Gasteiger partial charge on any atom is -0.284 e. The molecule has 0 atom stereocenters. The maximum atomic E-state index is 12.1. The molecule has 2 rings (SSSR count). The first-order valence-electron chi connectivity index (χ1n) is 6.42. The highest BCUT2D eigenvalue weighted by Gasteiger charge is 2.21. The average molecular weight is 367 g/mol. The SMILES string of the molecule is O=S(=O)(CC1CCCCC1)Nc1ccc(Cl)c(Br)c1. The molecule has 0 aliphatic heterocycles. The quantitative estimate of drug-likeness (QED) is 0.857. The summed E-state index contributed by atoms with van der Waals surface area (Å²) in [5.74, 6) is 0.509. The van der Waals surface area contributed by atoms with Crippen LogP contribution in [0.15, 0.2) is 22.7 Å². The summed E-state index contributed by atoms with van der Waals surface area (Å²) in [5, 5.41) is 0.565. The lowest BCUT2D eigenvalue weighted by Crippen LogP contribution is -2.24. The van der Waals surface area contributed by atoms with Crippen LogP contribution in [0.3, 0.4) is 0 Å². The lowest BCUT2D eigenvalue weighted by atomic mass is 9.91. The molecule has 1 N–H and O–H groups in total. The van der Waals surface area contributed by atoms with Crippen LogP contribution in [-0.2, 0) is 10.0 Å². The monoisotopic (exact) mass is 365 g/mol. The van der Waals surface area contributed by atoms with E-state index in [1.807, 2.05) is 0 Å². The third kappa shape index (κ3) is 4.65. The van der Waals surface area contributed by atoms with Crippen LogP contribution in [-0.4, -0.2) is 14.2 Å². The van der Waals surface area contributed by atoms with Crippen LogP contribution >= 0.6 is 27.5 Å². The predicted molar refractivity (Wildman–Crippen MR) is 83.1 cm³/mol. The van der Waals surface area contributed by atoms with Gasteiger partial charge in [0.25, 0.3) is 0 Å². The van der Waals surface area contributed by atoms with Crippen molar-refractivity contribution < 1.29 is 8.42 Å². The van der Waals surface area contributed by atoms with E-state index >= 15 is 0 Å². The molecule has 1 aromatic carbocycles. The highest BCUT2D eigenvalue weighted by atomic mass is 79.9. The van der Waals surface area contributed by atoms with Gasteiger partial charge in [0, 0.05) is 10.2 Å². The minimum atomic E-state index is -3.28. The van der Waals surface area contributed by atoms with Gasteiger partial charge in [-0.15, -0.1) is 0 Å². The van der Waals surface area contributed by atoms with Crippen molar-refractivity contribution in [2.45, 2.75) is 32.1 Å². The fourth-order valence-corrected chi connectivity index (χ4v) is 4.46. The first kappa shape index (κ1) is 15.1. The Bertz CT molecular complexity index is 542. The first-order valence-corrected chi connectivity index (χ1v) is 9.24. The Kier molecular flexibility index (Phi) is 5.15. The topological polar surface area (TPSA) is 46.2 Å². The summed E-state index contributed by atoms with van der Waals surface area (Å²) in [5.41, 5.74) is 0.548. The molecule has 0 radical (unpaired) electrons. The van der Waals surface area contributed by atoms with Crippen LogP contribution in [0.25, 0.3) is 0 Å². The highest BCUT2D eigenvalue weighted by Crippen LogP contribution is 2.28. The van der Waals surface area contributed by atoms with E-state index in [9.17, 15) is 8.42 Å². The van der Waals surface area contributed by atoms with E-state index in [-0.39, 0.29) is 5.75 Å². The number of hydrogen-bond acceptors (Lipinski definition) is 2. The molecule has 1 aliphatic rings. The zero-order valence-electron chi connectivity index (χ0n) is 10.5. The number of halogens is 2. The summed E-state index contributed by atoms with van der Waals surface area (Å²) < 4.78 is 27.5. The van der Waals surface area contributed by atoms with Crippen LogP contribution < -0.4 is 4.72 Å². The molecule has 0 saturated heterocycles. The number of anilines is 1. The van der Waals surface area contributed by atoms with Gasteiger partial charge in [-0.1, -0.05) is 30.9 Å². The summed E-state index contributed by atoms with van der Waals surface area (Å²) >= 11 is 9.17. The van der Waals surface area contributed by atoms with E-state index in [4.69, 9.17) is 11.6 Å². The van der Waals surface area contributed by atoms with Gasteiger partial charge < -0.3 is 0 Å². The van der Waals surface area contributed by atoms with Crippen molar-refractivity contribution in [3.63, 3.8) is 0 Å². The van der Waals surface area contributed by atoms with Crippen LogP contribution in [0.5, 0.6) is 0 Å². The average Bonchev–Trinajstić information content (AvgIpc) is 2.34. The Labute approximate surface area is 127 Å². The number of sulfonamides is 1. The third-order valence-corrected chi connectivity index (χ3v) is 6.04. The molecule has 1 fully saturated rings. The summed E-state index contributed by atoms with van der Waals surface area (Å²) in [6.07, 6.45) is 5.56. The largest absolute Gasteiger partial charge is 0.284 e. The normalized spacial score (nSPS) is 17.4. The zero-order valence-corrected chi connectivity index (χ0v) is 13.7. The molecule has 1 aromatic rings. The second kappa shape index (κ2) is 6.46. The predicted octanol–water partition coefficient (Wildman–Crippen LogP) is 4.42. The fraction of sp³-hybridized carbons (Fsp3) is 0.538. The van der Waals surface area contributed by atoms with E-state index in [0.29, 0.717) is 21.1 Å². The minimum absolute atomic E-state index is 0.216. The second-order valence-electron chi connectivity index (χ2n) is 5.02. The van der Waals surface area contributed by atoms with E-state index in [2.05, 4.69) is 20.7 Å². The van der Waals surface area contributed by atoms with Crippen molar-refractivity contribution in [1.82, 2.24) is 0 Å². The van der Waals surface area contributed by atoms with Gasteiger partial charge in [-0.3, -0.25) is 4.72 Å². The first-order chi connectivity index (χ1) is 8.96. The number of nitrogens with one attached hydrogen (secondary N) is 1. The van der Waals surface area contributed by atoms with E-state index in [0.717, 1.165) is 25.7 Å². The molecule has 0 spiro atoms. The van der Waals surface area contributed by atoms with Gasteiger partial charge in [-0.05, 0) is 52.9 Å².